The Hall–Kier alpha value is -2.31. The van der Waals surface area contributed by atoms with Crippen LogP contribution in [0.15, 0.2) is 44.5 Å². The van der Waals surface area contributed by atoms with E-state index in [0.29, 0.717) is 5.76 Å². The summed E-state index contributed by atoms with van der Waals surface area (Å²) < 4.78 is 44.1. The van der Waals surface area contributed by atoms with Crippen molar-refractivity contribution in [1.29, 1.82) is 0 Å². The van der Waals surface area contributed by atoms with Crippen molar-refractivity contribution in [2.75, 3.05) is 0 Å². The van der Waals surface area contributed by atoms with Crippen LogP contribution in [0.25, 0.3) is 0 Å². The Labute approximate surface area is 111 Å². The molecule has 0 N–H and O–H groups in total. The molecular formula is C13H11F3N2O2. The highest BCUT2D eigenvalue weighted by Gasteiger charge is 2.30. The molecule has 0 spiro atoms. The molecule has 0 radical (unpaired) electrons. The Kier molecular flexibility index (Phi) is 3.52. The van der Waals surface area contributed by atoms with E-state index in [0.717, 1.165) is 16.7 Å². The number of benzene rings is 1. The Morgan fingerprint density at radius 1 is 1.25 bits per heavy atom. The van der Waals surface area contributed by atoms with Gasteiger partial charge in [0.2, 0.25) is 0 Å². The Morgan fingerprint density at radius 2 is 1.95 bits per heavy atom. The largest absolute Gasteiger partial charge is 0.430 e. The zero-order chi connectivity index (χ0) is 14.9. The third kappa shape index (κ3) is 2.98. The third-order valence-electron chi connectivity index (χ3n) is 2.59. The summed E-state index contributed by atoms with van der Waals surface area (Å²) in [7, 11) is 1.43. The van der Waals surface area contributed by atoms with E-state index < -0.39 is 11.7 Å². The molecular weight excluding hydrogens is 273 g/mol. The lowest BCUT2D eigenvalue weighted by molar-refractivity contribution is -0.137. The van der Waals surface area contributed by atoms with Crippen molar-refractivity contribution in [1.82, 2.24) is 4.57 Å². The molecule has 0 amide bonds. The van der Waals surface area contributed by atoms with Crippen LogP contribution in [0, 0.1) is 6.92 Å². The summed E-state index contributed by atoms with van der Waals surface area (Å²) >= 11 is 0. The number of nitrogens with zero attached hydrogens (tertiary/aromatic N) is 2. The van der Waals surface area contributed by atoms with Gasteiger partial charge in [0.05, 0.1) is 11.3 Å². The first kappa shape index (κ1) is 14.1. The highest BCUT2D eigenvalue weighted by Crippen LogP contribution is 2.31. The monoisotopic (exact) mass is 284 g/mol. The van der Waals surface area contributed by atoms with Gasteiger partial charge in [-0.2, -0.15) is 18.2 Å². The first-order chi connectivity index (χ1) is 9.27. The smallest absolute Gasteiger partial charge is 0.416 e. The number of hydrogen-bond donors (Lipinski definition) is 0. The molecule has 106 valence electrons. The average Bonchev–Trinajstić information content (AvgIpc) is 2.35. The highest BCUT2D eigenvalue weighted by atomic mass is 19.4. The van der Waals surface area contributed by atoms with E-state index in [4.69, 9.17) is 4.42 Å². The van der Waals surface area contributed by atoms with Gasteiger partial charge in [0.15, 0.2) is 0 Å². The lowest BCUT2D eigenvalue weighted by atomic mass is 10.2. The number of hydrogen-bond acceptors (Lipinski definition) is 3. The summed E-state index contributed by atoms with van der Waals surface area (Å²) in [5.74, 6) is 0.332. The van der Waals surface area contributed by atoms with E-state index in [1.54, 1.807) is 6.92 Å². The fourth-order valence-corrected chi connectivity index (χ4v) is 1.57. The van der Waals surface area contributed by atoms with Crippen LogP contribution in [0.5, 0.6) is 0 Å². The maximum atomic E-state index is 12.6. The molecule has 0 aliphatic heterocycles. The van der Waals surface area contributed by atoms with Crippen LogP contribution in [0.2, 0.25) is 0 Å². The Balaban J connectivity index is 2.60. The molecule has 7 heteroatoms. The predicted molar refractivity (Wildman–Crippen MR) is 65.4 cm³/mol. The number of halogens is 3. The molecule has 0 bridgehead atoms. The number of rotatable bonds is 1. The summed E-state index contributed by atoms with van der Waals surface area (Å²) in [5.41, 5.74) is -1.16. The topological polar surface area (TPSA) is 47.5 Å². The normalized spacial score (nSPS) is 12.8. The van der Waals surface area contributed by atoms with Crippen LogP contribution >= 0.6 is 0 Å². The minimum Gasteiger partial charge on any atom is -0.430 e. The second kappa shape index (κ2) is 4.99. The van der Waals surface area contributed by atoms with Crippen LogP contribution in [-0.2, 0) is 13.2 Å². The van der Waals surface area contributed by atoms with E-state index in [1.165, 1.54) is 25.2 Å². The van der Waals surface area contributed by atoms with Gasteiger partial charge >= 0.3 is 11.9 Å². The van der Waals surface area contributed by atoms with Gasteiger partial charge in [-0.25, -0.2) is 0 Å². The van der Waals surface area contributed by atoms with Crippen molar-refractivity contribution in [2.24, 2.45) is 12.0 Å². The summed E-state index contributed by atoms with van der Waals surface area (Å²) in [6, 6.07) is 5.76. The maximum Gasteiger partial charge on any atom is 0.416 e. The molecule has 0 saturated carbocycles. The molecule has 2 aromatic rings. The SMILES string of the molecule is Cc1cc(=O)n(C)c(=Nc2cccc(C(F)(F)F)c2)o1. The molecule has 0 aliphatic carbocycles. The number of aromatic nitrogens is 1. The van der Waals surface area contributed by atoms with Crippen molar-refractivity contribution in [3.8, 4) is 0 Å². The summed E-state index contributed by atoms with van der Waals surface area (Å²) in [6.45, 7) is 1.56. The minimum absolute atomic E-state index is 0.0594. The molecule has 1 heterocycles. The van der Waals surface area contributed by atoms with Gasteiger partial charge in [0, 0.05) is 13.1 Å². The van der Waals surface area contributed by atoms with Crippen LogP contribution in [0.4, 0.5) is 18.9 Å². The Bertz CT molecular complexity index is 757. The summed E-state index contributed by atoms with van der Waals surface area (Å²) in [4.78, 5) is 15.5. The van der Waals surface area contributed by atoms with Gasteiger partial charge in [-0.05, 0) is 25.1 Å². The summed E-state index contributed by atoms with van der Waals surface area (Å²) in [6.07, 6.45) is -4.44. The lowest BCUT2D eigenvalue weighted by Gasteiger charge is -2.06. The molecule has 0 fully saturated rings. The molecule has 4 nitrogen and oxygen atoms in total. The van der Waals surface area contributed by atoms with Gasteiger partial charge < -0.3 is 4.42 Å². The van der Waals surface area contributed by atoms with E-state index in [-0.39, 0.29) is 16.9 Å². The van der Waals surface area contributed by atoms with Crippen LogP contribution < -0.4 is 11.2 Å². The predicted octanol–water partition coefficient (Wildman–Crippen LogP) is 2.54. The third-order valence-corrected chi connectivity index (χ3v) is 2.59. The quantitative estimate of drug-likeness (QED) is 0.808. The van der Waals surface area contributed by atoms with Crippen molar-refractivity contribution in [3.63, 3.8) is 0 Å². The van der Waals surface area contributed by atoms with Gasteiger partial charge in [-0.15, -0.1) is 0 Å². The fourth-order valence-electron chi connectivity index (χ4n) is 1.57. The average molecular weight is 284 g/mol. The van der Waals surface area contributed by atoms with Crippen molar-refractivity contribution in [3.05, 3.63) is 57.7 Å². The van der Waals surface area contributed by atoms with Gasteiger partial charge in [0.25, 0.3) is 5.56 Å². The standard InChI is InChI=1S/C13H11F3N2O2/c1-8-6-11(19)18(2)12(20-8)17-10-5-3-4-9(7-10)13(14,15)16/h3-7H,1-2H3. The second-order valence-electron chi connectivity index (χ2n) is 4.20. The molecule has 0 atom stereocenters. The van der Waals surface area contributed by atoms with Crippen molar-refractivity contribution < 1.29 is 17.6 Å². The molecule has 2 rings (SSSR count). The van der Waals surface area contributed by atoms with Crippen molar-refractivity contribution >= 4 is 5.69 Å². The van der Waals surface area contributed by atoms with Crippen molar-refractivity contribution in [2.45, 2.75) is 13.1 Å². The first-order valence-corrected chi connectivity index (χ1v) is 5.67. The van der Waals surface area contributed by atoms with Gasteiger partial charge in [-0.1, -0.05) is 6.07 Å². The van der Waals surface area contributed by atoms with Gasteiger partial charge in [0.1, 0.15) is 5.76 Å². The fraction of sp³-hybridized carbons (Fsp3) is 0.231. The van der Waals surface area contributed by atoms with Crippen LogP contribution in [0.3, 0.4) is 0 Å². The zero-order valence-corrected chi connectivity index (χ0v) is 10.7. The van der Waals surface area contributed by atoms with E-state index in [9.17, 15) is 18.0 Å². The summed E-state index contributed by atoms with van der Waals surface area (Å²) in [5, 5.41) is 0. The molecule has 0 unspecified atom stereocenters. The molecule has 0 aliphatic rings. The van der Waals surface area contributed by atoms with E-state index in [1.807, 2.05) is 0 Å². The molecule has 1 aromatic carbocycles. The first-order valence-electron chi connectivity index (χ1n) is 5.67. The van der Waals surface area contributed by atoms with Crippen LogP contribution in [0.1, 0.15) is 11.3 Å². The second-order valence-corrected chi connectivity index (χ2v) is 4.20. The van der Waals surface area contributed by atoms with Gasteiger partial charge in [-0.3, -0.25) is 9.36 Å². The van der Waals surface area contributed by atoms with E-state index in [2.05, 4.69) is 4.99 Å². The molecule has 1 aromatic heterocycles. The highest BCUT2D eigenvalue weighted by molar-refractivity contribution is 5.40. The number of alkyl halides is 3. The van der Waals surface area contributed by atoms with Crippen LogP contribution in [-0.4, -0.2) is 4.57 Å². The maximum absolute atomic E-state index is 12.6. The molecule has 20 heavy (non-hydrogen) atoms. The zero-order valence-electron chi connectivity index (χ0n) is 10.7. The minimum atomic E-state index is -4.44. The Morgan fingerprint density at radius 3 is 2.60 bits per heavy atom. The number of aryl methyl sites for hydroxylation is 1. The van der Waals surface area contributed by atoms with E-state index >= 15 is 0 Å². The lowest BCUT2D eigenvalue weighted by Crippen LogP contribution is -2.30. The molecule has 0 saturated heterocycles.